The number of rotatable bonds is 7. The van der Waals surface area contributed by atoms with Crippen molar-refractivity contribution in [2.45, 2.75) is 26.4 Å². The molecule has 0 saturated carbocycles. The molecule has 24 heavy (non-hydrogen) atoms. The molecule has 0 aliphatic carbocycles. The number of carbonyl (C=O) groups is 2. The van der Waals surface area contributed by atoms with Crippen LogP contribution in [0, 0.1) is 0 Å². The molecule has 1 heterocycles. The molecule has 2 rings (SSSR count). The molecule has 0 radical (unpaired) electrons. The topological polar surface area (TPSA) is 104 Å². The summed E-state index contributed by atoms with van der Waals surface area (Å²) in [7, 11) is 1.51. The zero-order chi connectivity index (χ0) is 17.5. The number of esters is 1. The second kappa shape index (κ2) is 8.09. The number of aromatic nitrogens is 2. The largest absolute Gasteiger partial charge is 0.497 e. The summed E-state index contributed by atoms with van der Waals surface area (Å²) in [5.41, 5.74) is 0.389. The number of hydrogen-bond donors (Lipinski definition) is 1. The molecule has 0 bridgehead atoms. The van der Waals surface area contributed by atoms with Gasteiger partial charge in [-0.05, 0) is 18.2 Å². The Hall–Kier alpha value is -2.90. The number of methoxy groups -OCH3 is 1. The minimum Gasteiger partial charge on any atom is -0.497 e. The second-order valence-corrected chi connectivity index (χ2v) is 5.28. The van der Waals surface area contributed by atoms with E-state index in [9.17, 15) is 9.59 Å². The second-order valence-electron chi connectivity index (χ2n) is 5.28. The molecule has 1 amide bonds. The van der Waals surface area contributed by atoms with Gasteiger partial charge in [-0.1, -0.05) is 25.1 Å². The zero-order valence-electron chi connectivity index (χ0n) is 13.7. The van der Waals surface area contributed by atoms with Crippen LogP contribution in [-0.2, 0) is 16.1 Å². The minimum absolute atomic E-state index is 0.125. The monoisotopic (exact) mass is 333 g/mol. The Labute approximate surface area is 139 Å². The van der Waals surface area contributed by atoms with Crippen molar-refractivity contribution in [1.82, 2.24) is 15.5 Å². The molecule has 128 valence electrons. The van der Waals surface area contributed by atoms with Crippen LogP contribution in [0.3, 0.4) is 0 Å². The summed E-state index contributed by atoms with van der Waals surface area (Å²) in [6.45, 7) is 3.46. The van der Waals surface area contributed by atoms with Crippen LogP contribution in [0.4, 0.5) is 0 Å². The molecule has 0 aliphatic heterocycles. The van der Waals surface area contributed by atoms with Crippen LogP contribution in [0.15, 0.2) is 28.8 Å². The first-order valence-corrected chi connectivity index (χ1v) is 7.40. The quantitative estimate of drug-likeness (QED) is 0.769. The van der Waals surface area contributed by atoms with Gasteiger partial charge in [0.2, 0.25) is 0 Å². The van der Waals surface area contributed by atoms with Crippen LogP contribution in [0.5, 0.6) is 5.75 Å². The van der Waals surface area contributed by atoms with Crippen molar-refractivity contribution in [3.8, 4) is 5.75 Å². The summed E-state index contributed by atoms with van der Waals surface area (Å²) in [6, 6.07) is 6.61. The average Bonchev–Trinajstić information content (AvgIpc) is 3.07. The van der Waals surface area contributed by atoms with Crippen molar-refractivity contribution in [2.24, 2.45) is 0 Å². The van der Waals surface area contributed by atoms with E-state index in [1.54, 1.807) is 24.3 Å². The van der Waals surface area contributed by atoms with Crippen molar-refractivity contribution in [3.05, 3.63) is 41.5 Å². The maximum absolute atomic E-state index is 12.0. The van der Waals surface area contributed by atoms with Crippen LogP contribution in [-0.4, -0.2) is 35.7 Å². The molecule has 0 atom stereocenters. The van der Waals surface area contributed by atoms with Crippen LogP contribution in [0.25, 0.3) is 0 Å². The van der Waals surface area contributed by atoms with E-state index in [4.69, 9.17) is 14.0 Å². The third kappa shape index (κ3) is 4.80. The van der Waals surface area contributed by atoms with E-state index in [1.807, 2.05) is 13.8 Å². The van der Waals surface area contributed by atoms with Gasteiger partial charge in [-0.25, -0.2) is 0 Å². The lowest BCUT2D eigenvalue weighted by molar-refractivity contribution is -0.144. The van der Waals surface area contributed by atoms with E-state index < -0.39 is 11.9 Å². The Bertz CT molecular complexity index is 711. The summed E-state index contributed by atoms with van der Waals surface area (Å²) < 4.78 is 15.0. The molecule has 1 N–H and O–H groups in total. The van der Waals surface area contributed by atoms with Gasteiger partial charge in [0.15, 0.2) is 12.4 Å². The summed E-state index contributed by atoms with van der Waals surface area (Å²) >= 11 is 0. The normalized spacial score (nSPS) is 10.5. The number of benzene rings is 1. The fourth-order valence-corrected chi connectivity index (χ4v) is 1.77. The fourth-order valence-electron chi connectivity index (χ4n) is 1.77. The van der Waals surface area contributed by atoms with Gasteiger partial charge in [-0.3, -0.25) is 9.59 Å². The van der Waals surface area contributed by atoms with Crippen molar-refractivity contribution in [3.63, 3.8) is 0 Å². The Morgan fingerprint density at radius 3 is 2.79 bits per heavy atom. The van der Waals surface area contributed by atoms with E-state index in [1.165, 1.54) is 7.11 Å². The lowest BCUT2D eigenvalue weighted by Crippen LogP contribution is -2.30. The SMILES string of the molecule is COc1cccc(C(=O)NCC(=O)OCc2nc(C(C)C)no2)c1. The third-order valence-electron chi connectivity index (χ3n) is 3.08. The van der Waals surface area contributed by atoms with Crippen molar-refractivity contribution in [1.29, 1.82) is 0 Å². The first-order chi connectivity index (χ1) is 11.5. The number of hydrogen-bond acceptors (Lipinski definition) is 7. The number of ether oxygens (including phenoxy) is 2. The molecule has 0 aliphatic rings. The van der Waals surface area contributed by atoms with Crippen LogP contribution in [0.1, 0.15) is 41.8 Å². The highest BCUT2D eigenvalue weighted by Gasteiger charge is 2.13. The van der Waals surface area contributed by atoms with E-state index in [0.29, 0.717) is 17.1 Å². The standard InChI is InChI=1S/C16H19N3O5/c1-10(2)15-18-13(24-19-15)9-23-14(20)8-17-16(21)11-5-4-6-12(7-11)22-3/h4-7,10H,8-9H2,1-3H3,(H,17,21). The highest BCUT2D eigenvalue weighted by atomic mass is 16.6. The highest BCUT2D eigenvalue weighted by molar-refractivity contribution is 5.96. The van der Waals surface area contributed by atoms with E-state index in [2.05, 4.69) is 15.5 Å². The van der Waals surface area contributed by atoms with Gasteiger partial charge in [-0.15, -0.1) is 0 Å². The fraction of sp³-hybridized carbons (Fsp3) is 0.375. The molecular weight excluding hydrogens is 314 g/mol. The Morgan fingerprint density at radius 1 is 1.33 bits per heavy atom. The summed E-state index contributed by atoms with van der Waals surface area (Å²) in [5, 5.41) is 6.24. The molecule has 1 aromatic heterocycles. The molecule has 8 nitrogen and oxygen atoms in total. The maximum atomic E-state index is 12.0. The van der Waals surface area contributed by atoms with E-state index >= 15 is 0 Å². The predicted molar refractivity (Wildman–Crippen MR) is 83.5 cm³/mol. The van der Waals surface area contributed by atoms with Gasteiger partial charge >= 0.3 is 5.97 Å². The van der Waals surface area contributed by atoms with Gasteiger partial charge in [-0.2, -0.15) is 4.98 Å². The molecule has 0 spiro atoms. The number of nitrogens with one attached hydrogen (secondary N) is 1. The van der Waals surface area contributed by atoms with Crippen molar-refractivity contribution < 1.29 is 23.6 Å². The van der Waals surface area contributed by atoms with Gasteiger partial charge in [0.05, 0.1) is 7.11 Å². The number of nitrogens with zero attached hydrogens (tertiary/aromatic N) is 2. The van der Waals surface area contributed by atoms with Crippen molar-refractivity contribution in [2.75, 3.05) is 13.7 Å². The molecule has 2 aromatic rings. The molecule has 0 unspecified atom stereocenters. The van der Waals surface area contributed by atoms with E-state index in [0.717, 1.165) is 0 Å². The summed E-state index contributed by atoms with van der Waals surface area (Å²) in [5.74, 6) is 0.447. The molecule has 1 aromatic carbocycles. The molecule has 0 saturated heterocycles. The Morgan fingerprint density at radius 2 is 2.12 bits per heavy atom. The van der Waals surface area contributed by atoms with E-state index in [-0.39, 0.29) is 25.0 Å². The average molecular weight is 333 g/mol. The first kappa shape index (κ1) is 17.5. The van der Waals surface area contributed by atoms with Crippen LogP contribution < -0.4 is 10.1 Å². The van der Waals surface area contributed by atoms with Crippen molar-refractivity contribution >= 4 is 11.9 Å². The molecule has 0 fully saturated rings. The zero-order valence-corrected chi connectivity index (χ0v) is 13.7. The van der Waals surface area contributed by atoms with Gasteiger partial charge in [0.1, 0.15) is 12.3 Å². The number of amides is 1. The lowest BCUT2D eigenvalue weighted by atomic mass is 10.2. The predicted octanol–water partition coefficient (Wildman–Crippen LogP) is 1.67. The lowest BCUT2D eigenvalue weighted by Gasteiger charge is -2.06. The van der Waals surface area contributed by atoms with Gasteiger partial charge in [0.25, 0.3) is 11.8 Å². The maximum Gasteiger partial charge on any atom is 0.325 e. The molecular formula is C16H19N3O5. The van der Waals surface area contributed by atoms with Gasteiger partial charge < -0.3 is 19.3 Å². The van der Waals surface area contributed by atoms with Gasteiger partial charge in [0, 0.05) is 11.5 Å². The first-order valence-electron chi connectivity index (χ1n) is 7.40. The molecule has 8 heteroatoms. The highest BCUT2D eigenvalue weighted by Crippen LogP contribution is 2.12. The van der Waals surface area contributed by atoms with Crippen LogP contribution >= 0.6 is 0 Å². The smallest absolute Gasteiger partial charge is 0.325 e. The number of carbonyl (C=O) groups excluding carboxylic acids is 2. The summed E-state index contributed by atoms with van der Waals surface area (Å²) in [4.78, 5) is 27.7. The summed E-state index contributed by atoms with van der Waals surface area (Å²) in [6.07, 6.45) is 0. The Kier molecular flexibility index (Phi) is 5.89. The Balaban J connectivity index is 1.78. The third-order valence-corrected chi connectivity index (χ3v) is 3.08. The van der Waals surface area contributed by atoms with Crippen LogP contribution in [0.2, 0.25) is 0 Å². The minimum atomic E-state index is -0.601.